The van der Waals surface area contributed by atoms with Crippen LogP contribution in [-0.2, 0) is 4.79 Å². The Kier molecular flexibility index (Phi) is 5.57. The van der Waals surface area contributed by atoms with Gasteiger partial charge in [0.25, 0.3) is 0 Å². The van der Waals surface area contributed by atoms with Gasteiger partial charge >= 0.3 is 0 Å². The van der Waals surface area contributed by atoms with Crippen molar-refractivity contribution in [3.8, 4) is 22.8 Å². The molecule has 1 aromatic heterocycles. The third kappa shape index (κ3) is 4.95. The molecule has 3 rings (SSSR count). The zero-order valence-corrected chi connectivity index (χ0v) is 15.2. The zero-order valence-electron chi connectivity index (χ0n) is 14.4. The highest BCUT2D eigenvalue weighted by molar-refractivity contribution is 6.31. The Hall–Kier alpha value is -3.12. The van der Waals surface area contributed by atoms with Crippen LogP contribution in [0.15, 0.2) is 60.7 Å². The fraction of sp³-hybridized carbons (Fsp3) is 0.100. The Labute approximate surface area is 160 Å². The number of nitrogens with one attached hydrogen (secondary N) is 1. The van der Waals surface area contributed by atoms with E-state index < -0.39 is 11.9 Å². The summed E-state index contributed by atoms with van der Waals surface area (Å²) in [6.07, 6.45) is 0. The van der Waals surface area contributed by atoms with Crippen molar-refractivity contribution in [1.82, 2.24) is 4.98 Å². The van der Waals surface area contributed by atoms with Gasteiger partial charge in [-0.05, 0) is 67.6 Å². The standard InChI is InChI=1S/C20H17ClFN3O2/c1-12(20(23)26)24-19-11-14(21)10-18(25-19)13-2-6-16(7-3-13)27-17-8-4-15(22)5-9-17/h2-12H,1H3,(H2,23,26)(H,24,25). The predicted octanol–water partition coefficient (Wildman–Crippen LogP) is 4.62. The lowest BCUT2D eigenvalue weighted by molar-refractivity contribution is -0.118. The number of aromatic nitrogens is 1. The first-order valence-electron chi connectivity index (χ1n) is 8.18. The van der Waals surface area contributed by atoms with Crippen molar-refractivity contribution in [3.05, 3.63) is 71.5 Å². The third-order valence-electron chi connectivity index (χ3n) is 3.78. The number of amides is 1. The number of pyridine rings is 1. The Morgan fingerprint density at radius 2 is 1.70 bits per heavy atom. The number of hydrogen-bond donors (Lipinski definition) is 2. The second kappa shape index (κ2) is 8.05. The molecule has 1 heterocycles. The number of carbonyl (C=O) groups is 1. The molecule has 5 nitrogen and oxygen atoms in total. The van der Waals surface area contributed by atoms with E-state index in [9.17, 15) is 9.18 Å². The first-order valence-corrected chi connectivity index (χ1v) is 8.56. The summed E-state index contributed by atoms with van der Waals surface area (Å²) in [5.74, 6) is 0.792. The van der Waals surface area contributed by atoms with Crippen molar-refractivity contribution in [2.24, 2.45) is 5.73 Å². The summed E-state index contributed by atoms with van der Waals surface area (Å²) in [6.45, 7) is 1.65. The molecule has 7 heteroatoms. The van der Waals surface area contributed by atoms with Gasteiger partial charge in [0.2, 0.25) is 5.91 Å². The fourth-order valence-electron chi connectivity index (χ4n) is 2.34. The van der Waals surface area contributed by atoms with Crippen LogP contribution in [0.3, 0.4) is 0 Å². The van der Waals surface area contributed by atoms with Crippen molar-refractivity contribution >= 4 is 23.3 Å². The van der Waals surface area contributed by atoms with E-state index in [1.165, 1.54) is 12.1 Å². The van der Waals surface area contributed by atoms with Crippen LogP contribution in [0.2, 0.25) is 5.02 Å². The van der Waals surface area contributed by atoms with E-state index in [1.807, 2.05) is 12.1 Å². The van der Waals surface area contributed by atoms with Crippen molar-refractivity contribution < 1.29 is 13.9 Å². The van der Waals surface area contributed by atoms with E-state index in [4.69, 9.17) is 22.1 Å². The van der Waals surface area contributed by atoms with Gasteiger partial charge in [-0.25, -0.2) is 9.37 Å². The number of benzene rings is 2. The van der Waals surface area contributed by atoms with Gasteiger partial charge in [-0.1, -0.05) is 11.6 Å². The fourth-order valence-corrected chi connectivity index (χ4v) is 2.55. The molecule has 0 saturated heterocycles. The Balaban J connectivity index is 1.79. The van der Waals surface area contributed by atoms with E-state index in [0.717, 1.165) is 5.56 Å². The molecular formula is C20H17ClFN3O2. The first kappa shape index (κ1) is 18.7. The van der Waals surface area contributed by atoms with E-state index >= 15 is 0 Å². The smallest absolute Gasteiger partial charge is 0.239 e. The van der Waals surface area contributed by atoms with Gasteiger partial charge in [0, 0.05) is 10.6 Å². The van der Waals surface area contributed by atoms with Crippen LogP contribution in [0.25, 0.3) is 11.3 Å². The number of nitrogens with zero attached hydrogens (tertiary/aromatic N) is 1. The molecular weight excluding hydrogens is 369 g/mol. The number of halogens is 2. The molecule has 138 valence electrons. The summed E-state index contributed by atoms with van der Waals surface area (Å²) in [6, 6.07) is 15.8. The van der Waals surface area contributed by atoms with Crippen molar-refractivity contribution in [2.75, 3.05) is 5.32 Å². The van der Waals surface area contributed by atoms with Crippen LogP contribution in [0.1, 0.15) is 6.92 Å². The van der Waals surface area contributed by atoms with Crippen molar-refractivity contribution in [3.63, 3.8) is 0 Å². The molecule has 0 radical (unpaired) electrons. The minimum Gasteiger partial charge on any atom is -0.457 e. The van der Waals surface area contributed by atoms with Crippen LogP contribution in [0.4, 0.5) is 10.2 Å². The summed E-state index contributed by atoms with van der Waals surface area (Å²) in [5.41, 5.74) is 6.71. The Morgan fingerprint density at radius 1 is 1.11 bits per heavy atom. The van der Waals surface area contributed by atoms with E-state index in [2.05, 4.69) is 10.3 Å². The first-order chi connectivity index (χ1) is 12.9. The number of primary amides is 1. The number of nitrogens with two attached hydrogens (primary N) is 1. The minimum absolute atomic E-state index is 0.320. The van der Waals surface area contributed by atoms with Crippen LogP contribution >= 0.6 is 11.6 Å². The van der Waals surface area contributed by atoms with Gasteiger partial charge in [0.05, 0.1) is 5.69 Å². The average molecular weight is 386 g/mol. The Bertz CT molecular complexity index is 946. The number of carbonyl (C=O) groups excluding carboxylic acids is 1. The van der Waals surface area contributed by atoms with Crippen molar-refractivity contribution in [1.29, 1.82) is 0 Å². The molecule has 0 bridgehead atoms. The number of rotatable bonds is 6. The summed E-state index contributed by atoms with van der Waals surface area (Å²) in [5, 5.41) is 3.39. The molecule has 0 spiro atoms. The van der Waals surface area contributed by atoms with Crippen molar-refractivity contribution in [2.45, 2.75) is 13.0 Å². The molecule has 1 amide bonds. The molecule has 0 saturated carbocycles. The summed E-state index contributed by atoms with van der Waals surface area (Å²) in [4.78, 5) is 15.7. The van der Waals surface area contributed by atoms with Gasteiger partial charge < -0.3 is 15.8 Å². The SMILES string of the molecule is CC(Nc1cc(Cl)cc(-c2ccc(Oc3ccc(F)cc3)cc2)n1)C(N)=O. The molecule has 0 fully saturated rings. The van der Waals surface area contributed by atoms with Gasteiger partial charge in [0.1, 0.15) is 29.2 Å². The predicted molar refractivity (Wildman–Crippen MR) is 103 cm³/mol. The molecule has 1 atom stereocenters. The minimum atomic E-state index is -0.574. The second-order valence-corrected chi connectivity index (χ2v) is 6.34. The maximum Gasteiger partial charge on any atom is 0.239 e. The topological polar surface area (TPSA) is 77.2 Å². The summed E-state index contributed by atoms with van der Waals surface area (Å²) >= 11 is 6.16. The molecule has 0 aliphatic heterocycles. The average Bonchev–Trinajstić information content (AvgIpc) is 2.63. The summed E-state index contributed by atoms with van der Waals surface area (Å²) < 4.78 is 18.6. The number of ether oxygens (including phenoxy) is 1. The van der Waals surface area contributed by atoms with E-state index in [-0.39, 0.29) is 5.82 Å². The molecule has 1 unspecified atom stereocenters. The quantitative estimate of drug-likeness (QED) is 0.649. The van der Waals surface area contributed by atoms with Crippen LogP contribution in [-0.4, -0.2) is 16.9 Å². The maximum atomic E-state index is 13.0. The third-order valence-corrected chi connectivity index (χ3v) is 4.00. The van der Waals surface area contributed by atoms with Gasteiger partial charge in [-0.2, -0.15) is 0 Å². The lowest BCUT2D eigenvalue weighted by Crippen LogP contribution is -2.32. The van der Waals surface area contributed by atoms with Gasteiger partial charge in [-0.3, -0.25) is 4.79 Å². The Morgan fingerprint density at radius 3 is 2.30 bits per heavy atom. The molecule has 3 N–H and O–H groups in total. The molecule has 27 heavy (non-hydrogen) atoms. The highest BCUT2D eigenvalue weighted by Crippen LogP contribution is 2.28. The highest BCUT2D eigenvalue weighted by atomic mass is 35.5. The monoisotopic (exact) mass is 385 g/mol. The van der Waals surface area contributed by atoms with Gasteiger partial charge in [0.15, 0.2) is 0 Å². The van der Waals surface area contributed by atoms with Gasteiger partial charge in [-0.15, -0.1) is 0 Å². The number of hydrogen-bond acceptors (Lipinski definition) is 4. The normalized spacial score (nSPS) is 11.7. The highest BCUT2D eigenvalue weighted by Gasteiger charge is 2.11. The molecule has 0 aliphatic rings. The van der Waals surface area contributed by atoms with E-state index in [1.54, 1.807) is 43.3 Å². The summed E-state index contributed by atoms with van der Waals surface area (Å²) in [7, 11) is 0. The molecule has 2 aromatic carbocycles. The molecule has 3 aromatic rings. The largest absolute Gasteiger partial charge is 0.457 e. The van der Waals surface area contributed by atoms with E-state index in [0.29, 0.717) is 28.0 Å². The second-order valence-electron chi connectivity index (χ2n) is 5.90. The lowest BCUT2D eigenvalue weighted by Gasteiger charge is -2.13. The van der Waals surface area contributed by atoms with Crippen LogP contribution in [0, 0.1) is 5.82 Å². The van der Waals surface area contributed by atoms with Crippen LogP contribution in [0.5, 0.6) is 11.5 Å². The maximum absolute atomic E-state index is 13.0. The zero-order chi connectivity index (χ0) is 19.4. The number of anilines is 1. The lowest BCUT2D eigenvalue weighted by atomic mass is 10.1. The van der Waals surface area contributed by atoms with Crippen LogP contribution < -0.4 is 15.8 Å². The molecule has 0 aliphatic carbocycles.